The number of carbonyl (C=O) groups is 2. The normalized spacial score (nSPS) is 12.6. The number of aliphatic hydroxyl groups excluding tert-OH is 2. The van der Waals surface area contributed by atoms with Gasteiger partial charge in [0.05, 0.1) is 25.4 Å². The Morgan fingerprint density at radius 2 is 0.719 bits per heavy atom. The zero-order valence-corrected chi connectivity index (χ0v) is 43.3. The second-order valence-corrected chi connectivity index (χ2v) is 20.0. The molecule has 0 aliphatic rings. The maximum atomic E-state index is 12.5. The number of aliphatic hydroxyl groups is 2. The van der Waals surface area contributed by atoms with E-state index in [0.717, 1.165) is 57.8 Å². The Bertz CT molecular complexity index is 955. The van der Waals surface area contributed by atoms with Crippen LogP contribution in [-0.2, 0) is 14.3 Å². The lowest BCUT2D eigenvalue weighted by Crippen LogP contribution is -2.45. The van der Waals surface area contributed by atoms with Gasteiger partial charge in [-0.25, -0.2) is 0 Å². The van der Waals surface area contributed by atoms with Crippen molar-refractivity contribution >= 4 is 11.9 Å². The summed E-state index contributed by atoms with van der Waals surface area (Å²) < 4.78 is 5.45. The van der Waals surface area contributed by atoms with Crippen LogP contribution in [0.3, 0.4) is 0 Å². The molecule has 6 nitrogen and oxygen atoms in total. The number of carbonyl (C=O) groups excluding carboxylic acids is 2. The highest BCUT2D eigenvalue weighted by molar-refractivity contribution is 5.76. The Morgan fingerprint density at radius 3 is 1.06 bits per heavy atom. The molecule has 0 heterocycles. The van der Waals surface area contributed by atoms with E-state index in [4.69, 9.17) is 4.74 Å². The highest BCUT2D eigenvalue weighted by Crippen LogP contribution is 2.17. The van der Waals surface area contributed by atoms with E-state index in [1.54, 1.807) is 6.08 Å². The fourth-order valence-electron chi connectivity index (χ4n) is 9.11. The molecule has 0 saturated carbocycles. The Hall–Kier alpha value is -1.40. The molecule has 64 heavy (non-hydrogen) atoms. The summed E-state index contributed by atoms with van der Waals surface area (Å²) in [5.41, 5.74) is 0. The van der Waals surface area contributed by atoms with Crippen molar-refractivity contribution in [1.29, 1.82) is 0 Å². The number of ether oxygens (including phenoxy) is 1. The molecular weight excluding hydrogens is 791 g/mol. The average molecular weight is 905 g/mol. The summed E-state index contributed by atoms with van der Waals surface area (Å²) in [5.74, 6) is -0.116. The number of unbranched alkanes of at least 4 members (excludes halogenated alkanes) is 43. The molecular formula is C58H113NO5. The molecule has 0 spiro atoms. The number of nitrogens with one attached hydrogen (secondary N) is 1. The van der Waals surface area contributed by atoms with Gasteiger partial charge < -0.3 is 20.3 Å². The van der Waals surface area contributed by atoms with Gasteiger partial charge >= 0.3 is 5.97 Å². The largest absolute Gasteiger partial charge is 0.466 e. The van der Waals surface area contributed by atoms with Crippen molar-refractivity contribution in [2.45, 2.75) is 334 Å². The van der Waals surface area contributed by atoms with Crippen LogP contribution in [0, 0.1) is 0 Å². The van der Waals surface area contributed by atoms with Crippen LogP contribution in [-0.4, -0.2) is 47.4 Å². The summed E-state index contributed by atoms with van der Waals surface area (Å²) in [4.78, 5) is 24.5. The molecule has 0 aromatic carbocycles. The van der Waals surface area contributed by atoms with E-state index in [0.29, 0.717) is 19.4 Å². The van der Waals surface area contributed by atoms with Gasteiger partial charge in [-0.1, -0.05) is 289 Å². The minimum Gasteiger partial charge on any atom is -0.466 e. The fourth-order valence-corrected chi connectivity index (χ4v) is 9.11. The zero-order chi connectivity index (χ0) is 46.5. The van der Waals surface area contributed by atoms with Crippen molar-refractivity contribution in [1.82, 2.24) is 5.32 Å². The van der Waals surface area contributed by atoms with E-state index in [2.05, 4.69) is 19.2 Å². The highest BCUT2D eigenvalue weighted by Gasteiger charge is 2.18. The highest BCUT2D eigenvalue weighted by atomic mass is 16.5. The van der Waals surface area contributed by atoms with Gasteiger partial charge in [0.1, 0.15) is 0 Å². The summed E-state index contributed by atoms with van der Waals surface area (Å²) in [6.07, 6.45) is 63.8. The lowest BCUT2D eigenvalue weighted by molar-refractivity contribution is -0.143. The summed E-state index contributed by atoms with van der Waals surface area (Å²) in [6, 6.07) is -0.647. The molecule has 1 amide bonds. The second-order valence-electron chi connectivity index (χ2n) is 20.0. The van der Waals surface area contributed by atoms with Crippen LogP contribution in [0.25, 0.3) is 0 Å². The predicted octanol–water partition coefficient (Wildman–Crippen LogP) is 17.7. The number of rotatable bonds is 54. The SMILES string of the molecule is CCCCCCCCCCCCCCCCCCCCCCCCC/C=C/C(O)C(CO)NC(=O)CCCCCCCCCCCOC(=O)CCCCCCCCCCCCCCC. The Kier molecular flexibility index (Phi) is 53.0. The molecule has 0 aromatic heterocycles. The van der Waals surface area contributed by atoms with Crippen LogP contribution in [0.15, 0.2) is 12.2 Å². The molecule has 2 unspecified atom stereocenters. The molecule has 0 radical (unpaired) electrons. The quantitative estimate of drug-likeness (QED) is 0.0321. The Balaban J connectivity index is 3.49. The first-order valence-corrected chi connectivity index (χ1v) is 29.0. The molecule has 3 N–H and O–H groups in total. The van der Waals surface area contributed by atoms with Crippen molar-refractivity contribution in [2.24, 2.45) is 0 Å². The molecule has 0 saturated heterocycles. The monoisotopic (exact) mass is 904 g/mol. The third-order valence-corrected chi connectivity index (χ3v) is 13.6. The van der Waals surface area contributed by atoms with Crippen LogP contribution >= 0.6 is 0 Å². The number of esters is 1. The molecule has 0 rings (SSSR count). The topological polar surface area (TPSA) is 95.9 Å². The zero-order valence-electron chi connectivity index (χ0n) is 43.3. The van der Waals surface area contributed by atoms with Gasteiger partial charge in [-0.3, -0.25) is 9.59 Å². The van der Waals surface area contributed by atoms with Gasteiger partial charge in [-0.05, 0) is 32.1 Å². The van der Waals surface area contributed by atoms with Crippen molar-refractivity contribution < 1.29 is 24.5 Å². The first-order chi connectivity index (χ1) is 31.5. The molecule has 0 aromatic rings. The van der Waals surface area contributed by atoms with Gasteiger partial charge in [0.15, 0.2) is 0 Å². The first kappa shape index (κ1) is 62.6. The molecule has 0 fully saturated rings. The van der Waals surface area contributed by atoms with Crippen LogP contribution in [0.2, 0.25) is 0 Å². The number of hydrogen-bond acceptors (Lipinski definition) is 5. The second kappa shape index (κ2) is 54.2. The summed E-state index contributed by atoms with van der Waals surface area (Å²) in [6.45, 7) is 4.86. The smallest absolute Gasteiger partial charge is 0.305 e. The van der Waals surface area contributed by atoms with Gasteiger partial charge in [-0.15, -0.1) is 0 Å². The van der Waals surface area contributed by atoms with Crippen molar-refractivity contribution in [2.75, 3.05) is 13.2 Å². The van der Waals surface area contributed by atoms with E-state index < -0.39 is 12.1 Å². The molecule has 0 aliphatic carbocycles. The lowest BCUT2D eigenvalue weighted by atomic mass is 10.0. The predicted molar refractivity (Wildman–Crippen MR) is 278 cm³/mol. The standard InChI is InChI=1S/C58H113NO5/c1-3-5-7-9-11-13-15-17-18-19-20-21-22-23-24-25-26-27-28-30-31-34-38-42-46-50-56(61)55(54-60)59-57(62)51-47-43-39-35-33-37-41-45-49-53-64-58(63)52-48-44-40-36-32-29-16-14-12-10-8-6-4-2/h46,50,55-56,60-61H,3-45,47-49,51-54H2,1-2H3,(H,59,62)/b50-46+. The van der Waals surface area contributed by atoms with Gasteiger partial charge in [0.2, 0.25) is 5.91 Å². The van der Waals surface area contributed by atoms with Crippen molar-refractivity contribution in [3.05, 3.63) is 12.2 Å². The number of hydrogen-bond donors (Lipinski definition) is 3. The third kappa shape index (κ3) is 50.0. The number of amides is 1. The van der Waals surface area contributed by atoms with Crippen LogP contribution in [0.5, 0.6) is 0 Å². The first-order valence-electron chi connectivity index (χ1n) is 29.0. The number of allylic oxidation sites excluding steroid dienone is 1. The summed E-state index contributed by atoms with van der Waals surface area (Å²) in [7, 11) is 0. The minimum atomic E-state index is -0.862. The van der Waals surface area contributed by atoms with Crippen molar-refractivity contribution in [3.63, 3.8) is 0 Å². The van der Waals surface area contributed by atoms with Gasteiger partial charge in [0, 0.05) is 12.8 Å². The van der Waals surface area contributed by atoms with E-state index >= 15 is 0 Å². The van der Waals surface area contributed by atoms with Crippen LogP contribution in [0.4, 0.5) is 0 Å². The molecule has 2 atom stereocenters. The third-order valence-electron chi connectivity index (χ3n) is 13.6. The van der Waals surface area contributed by atoms with Gasteiger partial charge in [0.25, 0.3) is 0 Å². The van der Waals surface area contributed by atoms with Gasteiger partial charge in [-0.2, -0.15) is 0 Å². The van der Waals surface area contributed by atoms with Crippen molar-refractivity contribution in [3.8, 4) is 0 Å². The van der Waals surface area contributed by atoms with E-state index in [-0.39, 0.29) is 18.5 Å². The van der Waals surface area contributed by atoms with E-state index in [1.807, 2.05) is 6.08 Å². The molecule has 0 aliphatic heterocycles. The molecule has 0 bridgehead atoms. The molecule has 380 valence electrons. The van der Waals surface area contributed by atoms with E-state index in [9.17, 15) is 19.8 Å². The summed E-state index contributed by atoms with van der Waals surface area (Å²) >= 11 is 0. The minimum absolute atomic E-state index is 0.0246. The van der Waals surface area contributed by atoms with E-state index in [1.165, 1.54) is 238 Å². The maximum Gasteiger partial charge on any atom is 0.305 e. The maximum absolute atomic E-state index is 12.5. The average Bonchev–Trinajstić information content (AvgIpc) is 3.29. The Morgan fingerprint density at radius 1 is 0.422 bits per heavy atom. The van der Waals surface area contributed by atoms with Crippen LogP contribution < -0.4 is 5.32 Å². The fraction of sp³-hybridized carbons (Fsp3) is 0.931. The van der Waals surface area contributed by atoms with Crippen LogP contribution in [0.1, 0.15) is 322 Å². The molecule has 6 heteroatoms. The summed E-state index contributed by atoms with van der Waals surface area (Å²) in [5, 5.41) is 23.2. The Labute approximate surface area is 399 Å². The lowest BCUT2D eigenvalue weighted by Gasteiger charge is -2.20.